The van der Waals surface area contributed by atoms with Crippen LogP contribution in [0, 0.1) is 11.6 Å². The number of hydrogen-bond donors (Lipinski definition) is 1. The first kappa shape index (κ1) is 27.7. The number of hydrogen-bond acceptors (Lipinski definition) is 9. The second kappa shape index (κ2) is 12.1. The molecule has 0 amide bonds. The molecular weight excluding hydrogens is 565 g/mol. The number of nitrogens with one attached hydrogen (secondary N) is 1. The molecule has 8 nitrogen and oxygen atoms in total. The van der Waals surface area contributed by atoms with Crippen molar-refractivity contribution >= 4 is 57.9 Å². The van der Waals surface area contributed by atoms with Gasteiger partial charge in [-0.3, -0.25) is 0 Å². The Bertz CT molecular complexity index is 1360. The number of halogens is 4. The second-order valence-corrected chi connectivity index (χ2v) is 9.57. The minimum atomic E-state index is -0.801. The molecule has 38 heavy (non-hydrogen) atoms. The summed E-state index contributed by atoms with van der Waals surface area (Å²) < 4.78 is 48.1. The van der Waals surface area contributed by atoms with E-state index in [-0.39, 0.29) is 21.2 Å². The van der Waals surface area contributed by atoms with Crippen molar-refractivity contribution in [2.45, 2.75) is 6.54 Å². The van der Waals surface area contributed by atoms with Gasteiger partial charge in [0.05, 0.1) is 42.2 Å². The van der Waals surface area contributed by atoms with Gasteiger partial charge in [-0.1, -0.05) is 23.2 Å². The van der Waals surface area contributed by atoms with Crippen LogP contribution < -0.4 is 19.7 Å². The largest absolute Gasteiger partial charge is 0.490 e. The molecule has 0 atom stereocenters. The molecule has 2 aromatic carbocycles. The highest BCUT2D eigenvalue weighted by Crippen LogP contribution is 2.41. The molecule has 3 aromatic rings. The van der Waals surface area contributed by atoms with Crippen molar-refractivity contribution in [1.29, 1.82) is 0 Å². The van der Waals surface area contributed by atoms with E-state index in [1.54, 1.807) is 11.3 Å². The fraction of sp³-hybridized carbons (Fsp3) is 0.280. The summed E-state index contributed by atoms with van der Waals surface area (Å²) in [5.41, 5.74) is 1.37. The number of benzene rings is 2. The number of carbonyl (C=O) groups is 2. The molecule has 1 aromatic heterocycles. The average molecular weight is 587 g/mol. The van der Waals surface area contributed by atoms with E-state index in [1.807, 2.05) is 21.7 Å². The molecule has 202 valence electrons. The van der Waals surface area contributed by atoms with Crippen LogP contribution in [-0.4, -0.2) is 52.5 Å². The molecule has 0 saturated carbocycles. The topological polar surface area (TPSA) is 86.3 Å². The van der Waals surface area contributed by atoms with Crippen molar-refractivity contribution in [3.8, 4) is 11.5 Å². The summed E-state index contributed by atoms with van der Waals surface area (Å²) in [4.78, 5) is 25.4. The van der Waals surface area contributed by atoms with Gasteiger partial charge in [0.25, 0.3) is 0 Å². The summed E-state index contributed by atoms with van der Waals surface area (Å²) in [5, 5.41) is 6.56. The van der Waals surface area contributed by atoms with Gasteiger partial charge in [-0.25, -0.2) is 18.4 Å². The van der Waals surface area contributed by atoms with Crippen LogP contribution in [0.3, 0.4) is 0 Å². The highest BCUT2D eigenvalue weighted by atomic mass is 35.5. The van der Waals surface area contributed by atoms with E-state index < -0.39 is 23.6 Å². The Morgan fingerprint density at radius 3 is 2.32 bits per heavy atom. The number of anilines is 2. The van der Waals surface area contributed by atoms with Gasteiger partial charge in [-0.05, 0) is 22.4 Å². The summed E-state index contributed by atoms with van der Waals surface area (Å²) >= 11 is 13.1. The summed E-state index contributed by atoms with van der Waals surface area (Å²) in [6, 6.07) is 4.73. The maximum atomic E-state index is 14.4. The maximum Gasteiger partial charge on any atom is 0.343 e. The lowest BCUT2D eigenvalue weighted by atomic mass is 10.1. The third-order valence-corrected chi connectivity index (χ3v) is 6.95. The number of ether oxygens (including phenoxy) is 4. The van der Waals surface area contributed by atoms with Gasteiger partial charge < -0.3 is 29.2 Å². The van der Waals surface area contributed by atoms with Crippen LogP contribution in [0.4, 0.5) is 20.2 Å². The number of esters is 2. The zero-order chi connectivity index (χ0) is 27.4. The third-order valence-electron chi connectivity index (χ3n) is 5.67. The smallest absolute Gasteiger partial charge is 0.343 e. The first-order valence-electron chi connectivity index (χ1n) is 11.2. The van der Waals surface area contributed by atoms with Crippen LogP contribution in [0.1, 0.15) is 26.3 Å². The fourth-order valence-corrected chi connectivity index (χ4v) is 5.01. The minimum absolute atomic E-state index is 0.156. The van der Waals surface area contributed by atoms with Crippen molar-refractivity contribution in [2.24, 2.45) is 0 Å². The highest BCUT2D eigenvalue weighted by molar-refractivity contribution is 7.07. The number of carbonyl (C=O) groups excluding carboxylic acids is 2. The van der Waals surface area contributed by atoms with Crippen LogP contribution in [0.5, 0.6) is 11.5 Å². The Kier molecular flexibility index (Phi) is 8.80. The summed E-state index contributed by atoms with van der Waals surface area (Å²) in [6.45, 7) is 2.49. The number of fused-ring (bicyclic) bond motifs is 2. The quantitative estimate of drug-likeness (QED) is 0.384. The van der Waals surface area contributed by atoms with Gasteiger partial charge in [0.2, 0.25) is 0 Å². The summed E-state index contributed by atoms with van der Waals surface area (Å²) in [6.07, 6.45) is 0. The van der Waals surface area contributed by atoms with Gasteiger partial charge in [0.1, 0.15) is 35.8 Å². The van der Waals surface area contributed by atoms with Crippen molar-refractivity contribution < 1.29 is 37.3 Å². The van der Waals surface area contributed by atoms with Gasteiger partial charge in [-0.2, -0.15) is 11.3 Å². The normalized spacial score (nSPS) is 13.5. The maximum absolute atomic E-state index is 14.4. The lowest BCUT2D eigenvalue weighted by molar-refractivity contribution is 0.0586. The predicted molar refractivity (Wildman–Crippen MR) is 140 cm³/mol. The first-order chi connectivity index (χ1) is 18.3. The lowest BCUT2D eigenvalue weighted by Crippen LogP contribution is -2.34. The van der Waals surface area contributed by atoms with Crippen molar-refractivity contribution in [1.82, 2.24) is 0 Å². The zero-order valence-electron chi connectivity index (χ0n) is 20.2. The molecule has 5 rings (SSSR count). The van der Waals surface area contributed by atoms with Gasteiger partial charge >= 0.3 is 11.9 Å². The van der Waals surface area contributed by atoms with Gasteiger partial charge in [0, 0.05) is 25.2 Å². The Balaban J connectivity index is 0.000000186. The van der Waals surface area contributed by atoms with Crippen LogP contribution in [0.15, 0.2) is 29.0 Å². The molecule has 0 radical (unpaired) electrons. The van der Waals surface area contributed by atoms with Crippen molar-refractivity contribution in [3.05, 3.63) is 67.3 Å². The van der Waals surface area contributed by atoms with Gasteiger partial charge in [0.15, 0.2) is 11.6 Å². The van der Waals surface area contributed by atoms with Crippen molar-refractivity contribution in [3.63, 3.8) is 0 Å². The second-order valence-electron chi connectivity index (χ2n) is 7.97. The van der Waals surface area contributed by atoms with E-state index in [1.165, 1.54) is 26.4 Å². The van der Waals surface area contributed by atoms with E-state index in [0.29, 0.717) is 55.7 Å². The monoisotopic (exact) mass is 586 g/mol. The highest BCUT2D eigenvalue weighted by Gasteiger charge is 2.31. The Hall–Kier alpha value is -3.28. The molecule has 0 spiro atoms. The van der Waals surface area contributed by atoms with E-state index in [0.717, 1.165) is 5.56 Å². The molecule has 0 saturated heterocycles. The summed E-state index contributed by atoms with van der Waals surface area (Å²) in [7, 11) is 2.39. The molecule has 0 bridgehead atoms. The number of thiophene rings is 1. The van der Waals surface area contributed by atoms with Gasteiger partial charge in [-0.15, -0.1) is 0 Å². The standard InChI is InChI=1S/C15H13ClFNO3S.C10H9ClFNO3/c1-20-15(19)12-13(17)10(16)6-11-14(12)18(3-4-21-11)7-9-2-5-22-8-9;1-15-10(14)7-8(12)5(11)4-6-9(7)13-2-3-16-6/h2,5-6,8H,3-4,7H2,1H3;4,13H,2-3H2,1H3. The minimum Gasteiger partial charge on any atom is -0.490 e. The number of methoxy groups -OCH3 is 2. The molecule has 2 aliphatic heterocycles. The Labute approximate surface area is 230 Å². The first-order valence-corrected chi connectivity index (χ1v) is 12.9. The Morgan fingerprint density at radius 1 is 1.03 bits per heavy atom. The lowest BCUT2D eigenvalue weighted by Gasteiger charge is -2.32. The average Bonchev–Trinajstić information content (AvgIpc) is 3.43. The molecule has 3 heterocycles. The van der Waals surface area contributed by atoms with Crippen LogP contribution in [0.25, 0.3) is 0 Å². The molecule has 13 heteroatoms. The van der Waals surface area contributed by atoms with E-state index >= 15 is 0 Å². The molecule has 0 unspecified atom stereocenters. The fourth-order valence-electron chi connectivity index (χ4n) is 3.97. The van der Waals surface area contributed by atoms with E-state index in [9.17, 15) is 18.4 Å². The predicted octanol–water partition coefficient (Wildman–Crippen LogP) is 5.80. The molecule has 1 N–H and O–H groups in total. The van der Waals surface area contributed by atoms with Crippen molar-refractivity contribution in [2.75, 3.05) is 50.7 Å². The molecular formula is C25H22Cl2F2N2O6S. The zero-order valence-corrected chi connectivity index (χ0v) is 22.6. The summed E-state index contributed by atoms with van der Waals surface area (Å²) in [5.74, 6) is -2.38. The SMILES string of the molecule is COC(=O)c1c(F)c(Cl)cc2c1N(Cc1ccsc1)CCO2.COC(=O)c1c(F)c(Cl)cc2c1NCCO2. The Morgan fingerprint density at radius 2 is 1.66 bits per heavy atom. The molecule has 0 aliphatic carbocycles. The number of rotatable bonds is 4. The van der Waals surface area contributed by atoms with Crippen LogP contribution in [0.2, 0.25) is 10.0 Å². The number of nitrogens with zero attached hydrogens (tertiary/aromatic N) is 1. The molecule has 2 aliphatic rings. The van der Waals surface area contributed by atoms with Crippen LogP contribution in [-0.2, 0) is 16.0 Å². The third kappa shape index (κ3) is 5.59. The van der Waals surface area contributed by atoms with E-state index in [4.69, 9.17) is 37.4 Å². The van der Waals surface area contributed by atoms with Crippen LogP contribution >= 0.6 is 34.5 Å². The van der Waals surface area contributed by atoms with E-state index in [2.05, 4.69) is 10.1 Å². The molecule has 0 fully saturated rings.